The first-order valence-electron chi connectivity index (χ1n) is 5.56. The summed E-state index contributed by atoms with van der Waals surface area (Å²) in [6.45, 7) is 1.83. The first-order valence-corrected chi connectivity index (χ1v) is 5.56. The lowest BCUT2D eigenvalue weighted by atomic mass is 10.0. The molecule has 2 rings (SSSR count). The van der Waals surface area contributed by atoms with E-state index in [4.69, 9.17) is 5.73 Å². The zero-order chi connectivity index (χ0) is 12.3. The summed E-state index contributed by atoms with van der Waals surface area (Å²) in [5.74, 6) is 0.567. The molecular formula is C13H15N3O. The van der Waals surface area contributed by atoms with Gasteiger partial charge in [-0.2, -0.15) is 0 Å². The number of allylic oxidation sites excluding steroid dienone is 1. The van der Waals surface area contributed by atoms with Crippen molar-refractivity contribution in [3.05, 3.63) is 41.6 Å². The number of carbonyl (C=O) groups is 1. The summed E-state index contributed by atoms with van der Waals surface area (Å²) in [6, 6.07) is 9.51. The van der Waals surface area contributed by atoms with E-state index in [2.05, 4.69) is 10.3 Å². The molecule has 1 amide bonds. The van der Waals surface area contributed by atoms with Gasteiger partial charge in [-0.15, -0.1) is 0 Å². The lowest BCUT2D eigenvalue weighted by Gasteiger charge is -2.19. The van der Waals surface area contributed by atoms with E-state index < -0.39 is 0 Å². The van der Waals surface area contributed by atoms with Gasteiger partial charge in [0.2, 0.25) is 5.91 Å². The number of rotatable bonds is 1. The summed E-state index contributed by atoms with van der Waals surface area (Å²) in [5, 5.41) is 2.77. The highest BCUT2D eigenvalue weighted by Crippen LogP contribution is 2.18. The highest BCUT2D eigenvalue weighted by atomic mass is 16.1. The van der Waals surface area contributed by atoms with Gasteiger partial charge in [0.25, 0.3) is 0 Å². The van der Waals surface area contributed by atoms with Crippen molar-refractivity contribution in [1.29, 1.82) is 0 Å². The molecule has 0 radical (unpaired) electrons. The molecule has 17 heavy (non-hydrogen) atoms. The Hall–Kier alpha value is -2.10. The number of aliphatic imine (C=N–C) groups is 1. The van der Waals surface area contributed by atoms with E-state index >= 15 is 0 Å². The van der Waals surface area contributed by atoms with E-state index in [1.54, 1.807) is 0 Å². The molecule has 0 spiro atoms. The van der Waals surface area contributed by atoms with Crippen molar-refractivity contribution in [2.24, 2.45) is 10.7 Å². The second kappa shape index (κ2) is 4.82. The van der Waals surface area contributed by atoms with Gasteiger partial charge in [0, 0.05) is 17.7 Å². The monoisotopic (exact) mass is 229 g/mol. The Balaban J connectivity index is 2.37. The van der Waals surface area contributed by atoms with E-state index in [1.165, 1.54) is 0 Å². The van der Waals surface area contributed by atoms with Gasteiger partial charge < -0.3 is 11.1 Å². The molecule has 1 aliphatic heterocycles. The second-order valence-corrected chi connectivity index (χ2v) is 4.01. The number of hydrogen-bond acceptors (Lipinski definition) is 3. The highest BCUT2D eigenvalue weighted by molar-refractivity contribution is 6.11. The van der Waals surface area contributed by atoms with Crippen LogP contribution < -0.4 is 11.1 Å². The third-order valence-corrected chi connectivity index (χ3v) is 2.62. The molecule has 0 atom stereocenters. The molecule has 0 aliphatic carbocycles. The Morgan fingerprint density at radius 1 is 1.29 bits per heavy atom. The first-order chi connectivity index (χ1) is 8.16. The number of benzene rings is 1. The highest BCUT2D eigenvalue weighted by Gasteiger charge is 2.19. The van der Waals surface area contributed by atoms with Gasteiger partial charge in [0.05, 0.1) is 5.69 Å². The van der Waals surface area contributed by atoms with Crippen LogP contribution in [0.25, 0.3) is 0 Å². The molecule has 1 heterocycles. The zero-order valence-electron chi connectivity index (χ0n) is 9.73. The molecule has 0 unspecified atom stereocenters. The van der Waals surface area contributed by atoms with Crippen LogP contribution in [0.2, 0.25) is 0 Å². The van der Waals surface area contributed by atoms with Crippen LogP contribution in [0.1, 0.15) is 19.8 Å². The Kier molecular flexibility index (Phi) is 3.23. The van der Waals surface area contributed by atoms with Crippen molar-refractivity contribution in [2.45, 2.75) is 19.8 Å². The van der Waals surface area contributed by atoms with Crippen LogP contribution in [0.3, 0.4) is 0 Å². The number of amides is 1. The molecule has 3 N–H and O–H groups in total. The minimum Gasteiger partial charge on any atom is -0.402 e. The number of nitrogens with zero attached hydrogens (tertiary/aromatic N) is 1. The average Bonchev–Trinajstić information content (AvgIpc) is 2.30. The Morgan fingerprint density at radius 2 is 2.00 bits per heavy atom. The summed E-state index contributed by atoms with van der Waals surface area (Å²) in [6.07, 6.45) is 1.12. The molecule has 88 valence electrons. The summed E-state index contributed by atoms with van der Waals surface area (Å²) in [7, 11) is 0. The summed E-state index contributed by atoms with van der Waals surface area (Å²) < 4.78 is 0. The number of hydrogen-bond donors (Lipinski definition) is 2. The number of carbonyl (C=O) groups excluding carboxylic acids is 1. The third kappa shape index (κ3) is 2.72. The van der Waals surface area contributed by atoms with E-state index in [0.717, 1.165) is 11.3 Å². The van der Waals surface area contributed by atoms with Crippen LogP contribution >= 0.6 is 0 Å². The third-order valence-electron chi connectivity index (χ3n) is 2.62. The Bertz CT molecular complexity index is 485. The summed E-state index contributed by atoms with van der Waals surface area (Å²) in [5.41, 5.74) is 8.25. The van der Waals surface area contributed by atoms with Crippen molar-refractivity contribution < 1.29 is 4.79 Å². The van der Waals surface area contributed by atoms with Gasteiger partial charge in [-0.05, 0) is 25.5 Å². The number of nitrogens with one attached hydrogen (secondary N) is 1. The fourth-order valence-electron chi connectivity index (χ4n) is 1.74. The van der Waals surface area contributed by atoms with E-state index in [9.17, 15) is 4.79 Å². The quantitative estimate of drug-likeness (QED) is 0.771. The zero-order valence-corrected chi connectivity index (χ0v) is 9.73. The Morgan fingerprint density at radius 3 is 2.65 bits per heavy atom. The second-order valence-electron chi connectivity index (χ2n) is 4.01. The fourth-order valence-corrected chi connectivity index (χ4v) is 1.74. The summed E-state index contributed by atoms with van der Waals surface area (Å²) in [4.78, 5) is 15.8. The number of amidine groups is 1. The van der Waals surface area contributed by atoms with Crippen molar-refractivity contribution in [1.82, 2.24) is 5.32 Å². The molecule has 4 heteroatoms. The van der Waals surface area contributed by atoms with Crippen molar-refractivity contribution >= 4 is 17.4 Å². The lowest BCUT2D eigenvalue weighted by Crippen LogP contribution is -2.37. The maximum atomic E-state index is 11.4. The van der Waals surface area contributed by atoms with E-state index in [0.29, 0.717) is 24.4 Å². The van der Waals surface area contributed by atoms with Gasteiger partial charge in [-0.3, -0.25) is 4.79 Å². The smallest absolute Gasteiger partial charge is 0.225 e. The first kappa shape index (κ1) is 11.4. The van der Waals surface area contributed by atoms with E-state index in [1.807, 2.05) is 37.3 Å². The molecule has 1 fully saturated rings. The maximum Gasteiger partial charge on any atom is 0.225 e. The van der Waals surface area contributed by atoms with Crippen molar-refractivity contribution in [3.8, 4) is 0 Å². The Labute approximate surface area is 100 Å². The van der Waals surface area contributed by atoms with Crippen molar-refractivity contribution in [3.63, 3.8) is 0 Å². The number of para-hydroxylation sites is 1. The van der Waals surface area contributed by atoms with Crippen LogP contribution in [0.4, 0.5) is 5.69 Å². The minimum atomic E-state index is -0.00955. The van der Waals surface area contributed by atoms with Gasteiger partial charge in [-0.1, -0.05) is 18.2 Å². The summed E-state index contributed by atoms with van der Waals surface area (Å²) >= 11 is 0. The molecule has 0 saturated carbocycles. The SMILES string of the molecule is C/C(N)=C1\CCC(=O)NC1=Nc1ccccc1. The van der Waals surface area contributed by atoms with Crippen molar-refractivity contribution in [2.75, 3.05) is 0 Å². The lowest BCUT2D eigenvalue weighted by molar-refractivity contribution is -0.119. The topological polar surface area (TPSA) is 67.5 Å². The molecule has 4 nitrogen and oxygen atoms in total. The largest absolute Gasteiger partial charge is 0.402 e. The predicted molar refractivity (Wildman–Crippen MR) is 67.8 cm³/mol. The average molecular weight is 229 g/mol. The number of piperidine rings is 1. The molecule has 1 aromatic carbocycles. The minimum absolute atomic E-state index is 0.00955. The van der Waals surface area contributed by atoms with Crippen LogP contribution in [-0.4, -0.2) is 11.7 Å². The van der Waals surface area contributed by atoms with E-state index in [-0.39, 0.29) is 5.91 Å². The number of nitrogens with two attached hydrogens (primary N) is 1. The van der Waals surface area contributed by atoms with Crippen LogP contribution in [-0.2, 0) is 4.79 Å². The molecule has 0 aromatic heterocycles. The standard InChI is InChI=1S/C13H15N3O/c1-9(14)11-7-8-12(17)16-13(11)15-10-5-3-2-4-6-10/h2-6H,7-8,14H2,1H3,(H,15,16,17)/b11-9-. The van der Waals surface area contributed by atoms with Gasteiger partial charge in [0.15, 0.2) is 0 Å². The van der Waals surface area contributed by atoms with Crippen LogP contribution in [0, 0.1) is 0 Å². The van der Waals surface area contributed by atoms with Crippen LogP contribution in [0.5, 0.6) is 0 Å². The van der Waals surface area contributed by atoms with Gasteiger partial charge in [-0.25, -0.2) is 4.99 Å². The molecule has 1 aromatic rings. The molecule has 0 bridgehead atoms. The maximum absolute atomic E-state index is 11.4. The van der Waals surface area contributed by atoms with Gasteiger partial charge in [0.1, 0.15) is 5.84 Å². The normalized spacial score (nSPS) is 21.2. The molecular weight excluding hydrogens is 214 g/mol. The fraction of sp³-hybridized carbons (Fsp3) is 0.231. The predicted octanol–water partition coefficient (Wildman–Crippen LogP) is 1.86. The van der Waals surface area contributed by atoms with Crippen LogP contribution in [0.15, 0.2) is 46.6 Å². The van der Waals surface area contributed by atoms with Gasteiger partial charge >= 0.3 is 0 Å². The molecule has 1 saturated heterocycles. The molecule has 1 aliphatic rings.